The molecule has 0 fully saturated rings. The van der Waals surface area contributed by atoms with Gasteiger partial charge in [-0.2, -0.15) is 0 Å². The first-order valence-corrected chi connectivity index (χ1v) is 7.94. The molecular weight excluding hydrogens is 367 g/mol. The summed E-state index contributed by atoms with van der Waals surface area (Å²) in [6.45, 7) is 1.74. The molecule has 0 aromatic heterocycles. The Balaban J connectivity index is 2.29. The van der Waals surface area contributed by atoms with Crippen molar-refractivity contribution in [3.05, 3.63) is 56.5 Å². The summed E-state index contributed by atoms with van der Waals surface area (Å²) in [4.78, 5) is 1.94. The molecule has 19 heavy (non-hydrogen) atoms. The van der Waals surface area contributed by atoms with Gasteiger partial charge >= 0.3 is 0 Å². The van der Waals surface area contributed by atoms with E-state index in [1.54, 1.807) is 19.1 Å². The molecule has 1 N–H and O–H groups in total. The Morgan fingerprint density at radius 3 is 2.53 bits per heavy atom. The van der Waals surface area contributed by atoms with Crippen LogP contribution in [0.2, 0.25) is 10.0 Å². The topological polar surface area (TPSA) is 20.2 Å². The van der Waals surface area contributed by atoms with Gasteiger partial charge in [0.1, 0.15) is 0 Å². The van der Waals surface area contributed by atoms with Crippen LogP contribution in [0.15, 0.2) is 50.7 Å². The second kappa shape index (κ2) is 6.51. The molecule has 0 aliphatic rings. The van der Waals surface area contributed by atoms with E-state index in [4.69, 9.17) is 23.2 Å². The fourth-order valence-corrected chi connectivity index (χ4v) is 3.84. The van der Waals surface area contributed by atoms with Gasteiger partial charge in [0.25, 0.3) is 0 Å². The van der Waals surface area contributed by atoms with Gasteiger partial charge in [-0.25, -0.2) is 0 Å². The van der Waals surface area contributed by atoms with Gasteiger partial charge in [0.2, 0.25) is 0 Å². The minimum Gasteiger partial charge on any atom is -0.389 e. The molecule has 0 radical (unpaired) electrons. The maximum absolute atomic E-state index is 9.59. The third-order valence-corrected chi connectivity index (χ3v) is 4.95. The SMILES string of the molecule is C[C@H](O)c1ccc(Sc2cc(Cl)ccc2Cl)cc1Br. The summed E-state index contributed by atoms with van der Waals surface area (Å²) < 4.78 is 0.880. The van der Waals surface area contributed by atoms with Crippen molar-refractivity contribution < 1.29 is 5.11 Å². The Morgan fingerprint density at radius 2 is 1.89 bits per heavy atom. The number of aliphatic hydroxyl groups is 1. The lowest BCUT2D eigenvalue weighted by Crippen LogP contribution is -1.92. The van der Waals surface area contributed by atoms with Gasteiger partial charge in [0.15, 0.2) is 0 Å². The Morgan fingerprint density at radius 1 is 1.16 bits per heavy atom. The van der Waals surface area contributed by atoms with Crippen molar-refractivity contribution in [3.8, 4) is 0 Å². The minimum atomic E-state index is -0.497. The summed E-state index contributed by atoms with van der Waals surface area (Å²) in [5.74, 6) is 0. The molecule has 0 spiro atoms. The maximum Gasteiger partial charge on any atom is 0.0772 e. The van der Waals surface area contributed by atoms with Crippen LogP contribution < -0.4 is 0 Å². The summed E-state index contributed by atoms with van der Waals surface area (Å²) in [6.07, 6.45) is -0.497. The fraction of sp³-hybridized carbons (Fsp3) is 0.143. The fourth-order valence-electron chi connectivity index (χ4n) is 1.59. The molecule has 2 aromatic carbocycles. The highest BCUT2D eigenvalue weighted by Crippen LogP contribution is 2.37. The number of rotatable bonds is 3. The third-order valence-electron chi connectivity index (χ3n) is 2.54. The van der Waals surface area contributed by atoms with Crippen LogP contribution in [0.1, 0.15) is 18.6 Å². The zero-order valence-corrected chi connectivity index (χ0v) is 13.9. The molecule has 2 aromatic rings. The molecule has 0 aliphatic heterocycles. The summed E-state index contributed by atoms with van der Waals surface area (Å²) >= 11 is 17.1. The van der Waals surface area contributed by atoms with Crippen molar-refractivity contribution in [2.75, 3.05) is 0 Å². The first-order chi connectivity index (χ1) is 8.97. The molecule has 5 heteroatoms. The van der Waals surface area contributed by atoms with Crippen molar-refractivity contribution in [1.82, 2.24) is 0 Å². The Bertz CT molecular complexity index is 602. The molecule has 0 saturated carbocycles. The predicted molar refractivity (Wildman–Crippen MR) is 85.4 cm³/mol. The van der Waals surface area contributed by atoms with Gasteiger partial charge < -0.3 is 5.11 Å². The molecule has 100 valence electrons. The molecule has 1 nitrogen and oxygen atoms in total. The van der Waals surface area contributed by atoms with Gasteiger partial charge in [-0.05, 0) is 42.8 Å². The average molecular weight is 378 g/mol. The normalized spacial score (nSPS) is 12.5. The first-order valence-electron chi connectivity index (χ1n) is 5.58. The lowest BCUT2D eigenvalue weighted by molar-refractivity contribution is 0.198. The molecule has 1 atom stereocenters. The van der Waals surface area contributed by atoms with Crippen molar-refractivity contribution >= 4 is 50.9 Å². The largest absolute Gasteiger partial charge is 0.389 e. The second-order valence-corrected chi connectivity index (χ2v) is 6.85. The highest BCUT2D eigenvalue weighted by atomic mass is 79.9. The summed E-state index contributed by atoms with van der Waals surface area (Å²) in [7, 11) is 0. The Labute approximate surface area is 135 Å². The van der Waals surface area contributed by atoms with Crippen LogP contribution in [0.5, 0.6) is 0 Å². The van der Waals surface area contributed by atoms with E-state index in [2.05, 4.69) is 15.9 Å². The number of halogens is 3. The van der Waals surface area contributed by atoms with Crippen molar-refractivity contribution in [1.29, 1.82) is 0 Å². The third kappa shape index (κ3) is 3.89. The lowest BCUT2D eigenvalue weighted by atomic mass is 10.1. The van der Waals surface area contributed by atoms with Crippen molar-refractivity contribution in [2.24, 2.45) is 0 Å². The Kier molecular flexibility index (Phi) is 5.21. The van der Waals surface area contributed by atoms with Crippen LogP contribution in [-0.4, -0.2) is 5.11 Å². The van der Waals surface area contributed by atoms with E-state index < -0.39 is 6.10 Å². The van der Waals surface area contributed by atoms with Crippen molar-refractivity contribution in [3.63, 3.8) is 0 Å². The molecule has 0 amide bonds. The summed E-state index contributed by atoms with van der Waals surface area (Å²) in [5, 5.41) is 10.9. The Hall–Kier alpha value is -0.190. The number of benzene rings is 2. The van der Waals surface area contributed by atoms with Crippen LogP contribution in [0, 0.1) is 0 Å². The van der Waals surface area contributed by atoms with Gasteiger partial charge in [-0.3, -0.25) is 0 Å². The molecule has 0 aliphatic carbocycles. The molecule has 0 heterocycles. The standard InChI is InChI=1S/C14H11BrCl2OS/c1-8(18)11-4-3-10(7-12(11)15)19-14-6-9(16)2-5-13(14)17/h2-8,18H,1H3/t8-/m0/s1. The van der Waals surface area contributed by atoms with Crippen LogP contribution in [0.4, 0.5) is 0 Å². The van der Waals surface area contributed by atoms with Crippen LogP contribution in [0.3, 0.4) is 0 Å². The quantitative estimate of drug-likeness (QED) is 0.711. The van der Waals surface area contributed by atoms with Crippen LogP contribution in [-0.2, 0) is 0 Å². The van der Waals surface area contributed by atoms with Gasteiger partial charge in [-0.1, -0.05) is 57.0 Å². The summed E-state index contributed by atoms with van der Waals surface area (Å²) in [5.41, 5.74) is 0.863. The predicted octanol–water partition coefficient (Wildman–Crippen LogP) is 5.96. The zero-order chi connectivity index (χ0) is 14.0. The van der Waals surface area contributed by atoms with E-state index in [9.17, 15) is 5.11 Å². The molecule has 2 rings (SSSR count). The van der Waals surface area contributed by atoms with E-state index in [-0.39, 0.29) is 0 Å². The van der Waals surface area contributed by atoms with Gasteiger partial charge in [-0.15, -0.1) is 0 Å². The van der Waals surface area contributed by atoms with Crippen LogP contribution >= 0.6 is 50.9 Å². The number of hydrogen-bond donors (Lipinski definition) is 1. The van der Waals surface area contributed by atoms with Crippen molar-refractivity contribution in [2.45, 2.75) is 22.8 Å². The van der Waals surface area contributed by atoms with E-state index in [0.29, 0.717) is 10.0 Å². The zero-order valence-electron chi connectivity index (χ0n) is 10.0. The lowest BCUT2D eigenvalue weighted by Gasteiger charge is -2.10. The van der Waals surface area contributed by atoms with E-state index >= 15 is 0 Å². The molecule has 0 saturated heterocycles. The van der Waals surface area contributed by atoms with Gasteiger partial charge in [0, 0.05) is 19.3 Å². The van der Waals surface area contributed by atoms with E-state index in [1.807, 2.05) is 24.3 Å². The van der Waals surface area contributed by atoms with Gasteiger partial charge in [0.05, 0.1) is 11.1 Å². The molecule has 0 bridgehead atoms. The minimum absolute atomic E-state index is 0.497. The van der Waals surface area contributed by atoms with E-state index in [1.165, 1.54) is 11.8 Å². The van der Waals surface area contributed by atoms with Crippen LogP contribution in [0.25, 0.3) is 0 Å². The molecular formula is C14H11BrCl2OS. The van der Waals surface area contributed by atoms with E-state index in [0.717, 1.165) is 19.8 Å². The molecule has 0 unspecified atom stereocenters. The second-order valence-electron chi connectivity index (χ2n) is 4.04. The monoisotopic (exact) mass is 376 g/mol. The smallest absolute Gasteiger partial charge is 0.0772 e. The highest BCUT2D eigenvalue weighted by molar-refractivity contribution is 9.10. The number of hydrogen-bond acceptors (Lipinski definition) is 2. The number of aliphatic hydroxyl groups excluding tert-OH is 1. The average Bonchev–Trinajstić information content (AvgIpc) is 2.33. The highest BCUT2D eigenvalue weighted by Gasteiger charge is 2.09. The first kappa shape index (κ1) is 15.2. The maximum atomic E-state index is 9.59. The summed E-state index contributed by atoms with van der Waals surface area (Å²) in [6, 6.07) is 11.2.